The number of ether oxygens (including phenoxy) is 1. The van der Waals surface area contributed by atoms with E-state index in [0.29, 0.717) is 32.2 Å². The third kappa shape index (κ3) is 5.20. The Balaban J connectivity index is 1.13. The molecule has 4 bridgehead atoms. The molecule has 0 aliphatic heterocycles. The highest BCUT2D eigenvalue weighted by molar-refractivity contribution is 5.95. The Morgan fingerprint density at radius 2 is 1.61 bits per heavy atom. The first kappa shape index (κ1) is 29.4. The molecule has 0 radical (unpaired) electrons. The van der Waals surface area contributed by atoms with Crippen molar-refractivity contribution in [3.05, 3.63) is 60.2 Å². The highest BCUT2D eigenvalue weighted by Crippen LogP contribution is 2.71. The number of anilines is 1. The molecule has 6 fully saturated rings. The van der Waals surface area contributed by atoms with E-state index in [1.165, 1.54) is 12.1 Å². The summed E-state index contributed by atoms with van der Waals surface area (Å²) in [7, 11) is 0. The molecule has 1 heterocycles. The Bertz CT molecular complexity index is 1520. The second-order valence-electron chi connectivity index (χ2n) is 15.2. The lowest BCUT2D eigenvalue weighted by Crippen LogP contribution is -2.65. The van der Waals surface area contributed by atoms with E-state index in [-0.39, 0.29) is 33.3 Å². The highest BCUT2D eigenvalue weighted by atomic mass is 19.3. The number of carbonyl (C=O) groups excluding carboxylic acids is 1. The van der Waals surface area contributed by atoms with Crippen LogP contribution in [0.3, 0.4) is 0 Å². The van der Waals surface area contributed by atoms with Crippen molar-refractivity contribution >= 4 is 11.6 Å². The molecule has 234 valence electrons. The smallest absolute Gasteiger partial charge is 0.387 e. The molecule has 6 aliphatic carbocycles. The standard InChI is InChI=1S/C35H40F3N3O3/c1-31(2,3)28-39-29(44-40-28)34-14-11-32(12-15-34,13-16-34)22-41(27(42)18-33-19-35(38,20-33)21-33)25-6-4-5-24(17-25)23-7-9-26(10-8-23)43-30(36)37/h4-10,17,30H,11-16,18-22H2,1-3H3. The van der Waals surface area contributed by atoms with E-state index in [9.17, 15) is 18.0 Å². The van der Waals surface area contributed by atoms with Crippen LogP contribution in [0.2, 0.25) is 0 Å². The molecule has 0 unspecified atom stereocenters. The van der Waals surface area contributed by atoms with Crippen molar-refractivity contribution in [3.8, 4) is 16.9 Å². The molecule has 3 aromatic rings. The molecule has 0 atom stereocenters. The lowest BCUT2D eigenvalue weighted by molar-refractivity contribution is -0.215. The Labute approximate surface area is 256 Å². The van der Waals surface area contributed by atoms with Crippen LogP contribution in [0.1, 0.15) is 96.7 Å². The summed E-state index contributed by atoms with van der Waals surface area (Å²) in [5, 5.41) is 4.30. The lowest BCUT2D eigenvalue weighted by Gasteiger charge is -2.66. The number of amides is 1. The molecule has 2 aromatic carbocycles. The second kappa shape index (κ2) is 10.1. The van der Waals surface area contributed by atoms with Crippen molar-refractivity contribution in [3.63, 3.8) is 0 Å². The van der Waals surface area contributed by atoms with Crippen molar-refractivity contribution < 1.29 is 27.2 Å². The van der Waals surface area contributed by atoms with E-state index in [1.807, 2.05) is 29.2 Å². The van der Waals surface area contributed by atoms with Gasteiger partial charge in [0.25, 0.3) is 0 Å². The molecule has 44 heavy (non-hydrogen) atoms. The topological polar surface area (TPSA) is 68.5 Å². The molecule has 0 saturated heterocycles. The van der Waals surface area contributed by atoms with Gasteiger partial charge in [0, 0.05) is 29.5 Å². The van der Waals surface area contributed by atoms with Crippen LogP contribution in [-0.4, -0.2) is 34.9 Å². The van der Waals surface area contributed by atoms with Crippen molar-refractivity contribution in [2.45, 2.75) is 108 Å². The van der Waals surface area contributed by atoms with Gasteiger partial charge in [0.05, 0.1) is 0 Å². The molecule has 0 spiro atoms. The van der Waals surface area contributed by atoms with E-state index in [4.69, 9.17) is 9.51 Å². The van der Waals surface area contributed by atoms with Crippen LogP contribution in [0, 0.1) is 10.8 Å². The summed E-state index contributed by atoms with van der Waals surface area (Å²) >= 11 is 0. The first-order chi connectivity index (χ1) is 20.8. The van der Waals surface area contributed by atoms with Crippen LogP contribution in [0.5, 0.6) is 5.75 Å². The molecule has 1 aromatic heterocycles. The summed E-state index contributed by atoms with van der Waals surface area (Å²) in [6.45, 7) is 3.99. The Morgan fingerprint density at radius 1 is 0.955 bits per heavy atom. The number of rotatable bonds is 9. The summed E-state index contributed by atoms with van der Waals surface area (Å²) in [5.74, 6) is 1.64. The van der Waals surface area contributed by atoms with Crippen LogP contribution in [-0.2, 0) is 15.6 Å². The second-order valence-corrected chi connectivity index (χ2v) is 15.2. The van der Waals surface area contributed by atoms with Crippen molar-refractivity contribution in [1.29, 1.82) is 0 Å². The van der Waals surface area contributed by atoms with Crippen LogP contribution in [0.15, 0.2) is 53.1 Å². The monoisotopic (exact) mass is 607 g/mol. The molecule has 6 nitrogen and oxygen atoms in total. The zero-order chi connectivity index (χ0) is 31.0. The first-order valence-corrected chi connectivity index (χ1v) is 15.8. The normalized spacial score (nSPS) is 30.5. The average molecular weight is 608 g/mol. The highest BCUT2D eigenvalue weighted by Gasteiger charge is 2.69. The van der Waals surface area contributed by atoms with Gasteiger partial charge in [-0.25, -0.2) is 4.39 Å². The van der Waals surface area contributed by atoms with Gasteiger partial charge in [-0.1, -0.05) is 50.2 Å². The van der Waals surface area contributed by atoms with Gasteiger partial charge in [-0.2, -0.15) is 13.8 Å². The number of nitrogens with zero attached hydrogens (tertiary/aromatic N) is 3. The SMILES string of the molecule is CC(C)(C)c1noc(C23CCC(CN(C(=O)CC45CC(F)(C4)C5)c4cccc(-c5ccc(OC(F)F)cc5)c4)(CC2)CC3)n1. The average Bonchev–Trinajstić information content (AvgIpc) is 3.48. The maximum Gasteiger partial charge on any atom is 0.387 e. The number of halogens is 3. The fraction of sp³-hybridized carbons (Fsp3) is 0.571. The number of hydrogen-bond acceptors (Lipinski definition) is 5. The minimum atomic E-state index is -2.88. The fourth-order valence-corrected chi connectivity index (χ4v) is 8.37. The minimum absolute atomic E-state index is 0.0186. The van der Waals surface area contributed by atoms with Gasteiger partial charge in [-0.3, -0.25) is 4.79 Å². The summed E-state index contributed by atoms with van der Waals surface area (Å²) in [6.07, 6.45) is 7.56. The van der Waals surface area contributed by atoms with E-state index in [2.05, 4.69) is 30.7 Å². The van der Waals surface area contributed by atoms with Crippen LogP contribution < -0.4 is 9.64 Å². The van der Waals surface area contributed by atoms with Crippen LogP contribution >= 0.6 is 0 Å². The summed E-state index contributed by atoms with van der Waals surface area (Å²) in [5.41, 5.74) is 0.983. The molecule has 6 aliphatic rings. The zero-order valence-corrected chi connectivity index (χ0v) is 25.7. The number of benzene rings is 2. The van der Waals surface area contributed by atoms with Crippen molar-refractivity contribution in [2.24, 2.45) is 10.8 Å². The summed E-state index contributed by atoms with van der Waals surface area (Å²) in [6, 6.07) is 14.4. The molecule has 9 heteroatoms. The van der Waals surface area contributed by atoms with Gasteiger partial charge < -0.3 is 14.2 Å². The van der Waals surface area contributed by atoms with Crippen molar-refractivity contribution in [2.75, 3.05) is 11.4 Å². The van der Waals surface area contributed by atoms with E-state index < -0.39 is 12.3 Å². The first-order valence-electron chi connectivity index (χ1n) is 15.8. The van der Waals surface area contributed by atoms with Crippen molar-refractivity contribution in [1.82, 2.24) is 10.1 Å². The quantitative estimate of drug-likeness (QED) is 0.244. The fourth-order valence-electron chi connectivity index (χ4n) is 8.37. The van der Waals surface area contributed by atoms with E-state index >= 15 is 0 Å². The maximum absolute atomic E-state index is 14.4. The molecule has 9 rings (SSSR count). The lowest BCUT2D eigenvalue weighted by atomic mass is 9.41. The molecule has 6 saturated carbocycles. The summed E-state index contributed by atoms with van der Waals surface area (Å²) in [4.78, 5) is 20.9. The minimum Gasteiger partial charge on any atom is -0.435 e. The molecule has 1 amide bonds. The van der Waals surface area contributed by atoms with Gasteiger partial charge in [0.1, 0.15) is 11.4 Å². The van der Waals surface area contributed by atoms with E-state index in [1.54, 1.807) is 12.1 Å². The van der Waals surface area contributed by atoms with Gasteiger partial charge >= 0.3 is 6.61 Å². The number of hydrogen-bond donors (Lipinski definition) is 0. The number of alkyl halides is 3. The maximum atomic E-state index is 14.4. The molecular weight excluding hydrogens is 567 g/mol. The van der Waals surface area contributed by atoms with Crippen LogP contribution in [0.4, 0.5) is 18.9 Å². The Kier molecular flexibility index (Phi) is 6.72. The Morgan fingerprint density at radius 3 is 2.18 bits per heavy atom. The van der Waals surface area contributed by atoms with Gasteiger partial charge in [-0.05, 0) is 104 Å². The summed E-state index contributed by atoms with van der Waals surface area (Å²) < 4.78 is 50.0. The van der Waals surface area contributed by atoms with Gasteiger partial charge in [-0.15, -0.1) is 0 Å². The molecular formula is C35H40F3N3O3. The third-order valence-electron chi connectivity index (χ3n) is 10.9. The molecule has 0 N–H and O–H groups in total. The number of carbonyl (C=O) groups is 1. The predicted octanol–water partition coefficient (Wildman–Crippen LogP) is 8.54. The van der Waals surface area contributed by atoms with Gasteiger partial charge in [0.2, 0.25) is 11.8 Å². The zero-order valence-electron chi connectivity index (χ0n) is 25.7. The third-order valence-corrected chi connectivity index (χ3v) is 10.9. The number of aromatic nitrogens is 2. The predicted molar refractivity (Wildman–Crippen MR) is 160 cm³/mol. The van der Waals surface area contributed by atoms with Crippen LogP contribution in [0.25, 0.3) is 11.1 Å². The van der Waals surface area contributed by atoms with Gasteiger partial charge in [0.15, 0.2) is 5.82 Å². The largest absolute Gasteiger partial charge is 0.435 e. The van der Waals surface area contributed by atoms with E-state index in [0.717, 1.165) is 67.1 Å². The number of fused-ring (bicyclic) bond motifs is 3. The Hall–Kier alpha value is -3.36.